The molecule has 1 saturated heterocycles. The van der Waals surface area contributed by atoms with Crippen molar-refractivity contribution in [2.75, 3.05) is 24.2 Å². The van der Waals surface area contributed by atoms with Crippen molar-refractivity contribution in [3.63, 3.8) is 0 Å². The Morgan fingerprint density at radius 1 is 1.29 bits per heavy atom. The highest BCUT2D eigenvalue weighted by atomic mass is 32.2. The van der Waals surface area contributed by atoms with Gasteiger partial charge in [-0.15, -0.1) is 0 Å². The molecule has 1 aliphatic rings. The first-order chi connectivity index (χ1) is 13.6. The van der Waals surface area contributed by atoms with Crippen LogP contribution in [-0.2, 0) is 6.54 Å². The van der Waals surface area contributed by atoms with E-state index in [0.29, 0.717) is 12.3 Å². The Bertz CT molecular complexity index is 798. The van der Waals surface area contributed by atoms with Crippen LogP contribution in [0.2, 0.25) is 0 Å². The number of nitrogens with one attached hydrogen (secondary N) is 3. The Hall–Kier alpha value is -2.41. The summed E-state index contributed by atoms with van der Waals surface area (Å²) in [6.07, 6.45) is 4.01. The van der Waals surface area contributed by atoms with Gasteiger partial charge in [-0.3, -0.25) is 4.79 Å². The van der Waals surface area contributed by atoms with Crippen molar-refractivity contribution < 1.29 is 9.21 Å². The maximum Gasteiger partial charge on any atom is 0.291 e. The fourth-order valence-corrected chi connectivity index (χ4v) is 4.35. The Balaban J connectivity index is 1.59. The minimum atomic E-state index is -0.261. The summed E-state index contributed by atoms with van der Waals surface area (Å²) < 4.78 is 5.41. The summed E-state index contributed by atoms with van der Waals surface area (Å²) in [6, 6.07) is 11.0. The summed E-state index contributed by atoms with van der Waals surface area (Å²) in [5.74, 6) is 2.09. The van der Waals surface area contributed by atoms with Crippen LogP contribution in [0, 0.1) is 0 Å². The molecular formula is C21H28N4O2S. The third kappa shape index (κ3) is 5.79. The first-order valence-corrected chi connectivity index (χ1v) is 10.7. The number of guanidine groups is 1. The van der Waals surface area contributed by atoms with E-state index in [1.165, 1.54) is 24.9 Å². The summed E-state index contributed by atoms with van der Waals surface area (Å²) in [5, 5.41) is 9.63. The molecule has 3 rings (SSSR count). The molecule has 1 aromatic heterocycles. The Kier molecular flexibility index (Phi) is 7.03. The van der Waals surface area contributed by atoms with Crippen molar-refractivity contribution in [3.8, 4) is 0 Å². The normalized spacial score (nSPS) is 19.4. The molecule has 28 heavy (non-hydrogen) atoms. The molecule has 0 radical (unpaired) electrons. The third-order valence-corrected chi connectivity index (χ3v) is 6.16. The number of amides is 1. The molecule has 1 aliphatic heterocycles. The molecule has 0 bridgehead atoms. The van der Waals surface area contributed by atoms with Crippen molar-refractivity contribution >= 4 is 29.3 Å². The zero-order chi connectivity index (χ0) is 19.8. The molecule has 1 aromatic carbocycles. The summed E-state index contributed by atoms with van der Waals surface area (Å²) >= 11 is 2.03. The monoisotopic (exact) mass is 400 g/mol. The molecule has 0 spiro atoms. The maximum atomic E-state index is 12.1. The number of carbonyl (C=O) groups is 1. The molecular weight excluding hydrogens is 372 g/mol. The SMILES string of the molecule is CCNC(=NCc1cccc(NC(=O)c2ccco2)c1)NCC1(C)CCCS1. The Morgan fingerprint density at radius 3 is 2.89 bits per heavy atom. The third-order valence-electron chi connectivity index (χ3n) is 4.62. The van der Waals surface area contributed by atoms with E-state index in [0.717, 1.165) is 30.3 Å². The number of furan rings is 1. The number of carbonyl (C=O) groups excluding carboxylic acids is 1. The zero-order valence-corrected chi connectivity index (χ0v) is 17.3. The Morgan fingerprint density at radius 2 is 2.18 bits per heavy atom. The van der Waals surface area contributed by atoms with E-state index in [2.05, 4.69) is 29.8 Å². The van der Waals surface area contributed by atoms with Crippen LogP contribution in [0.3, 0.4) is 0 Å². The van der Waals surface area contributed by atoms with E-state index < -0.39 is 0 Å². The van der Waals surface area contributed by atoms with Gasteiger partial charge >= 0.3 is 0 Å². The smallest absolute Gasteiger partial charge is 0.291 e. The second-order valence-electron chi connectivity index (χ2n) is 7.08. The minimum absolute atomic E-state index is 0.261. The number of aliphatic imine (C=N–C) groups is 1. The van der Waals surface area contributed by atoms with E-state index in [1.54, 1.807) is 12.1 Å². The van der Waals surface area contributed by atoms with Gasteiger partial charge in [-0.2, -0.15) is 11.8 Å². The number of hydrogen-bond donors (Lipinski definition) is 3. The number of nitrogens with zero attached hydrogens (tertiary/aromatic N) is 1. The molecule has 0 saturated carbocycles. The molecule has 7 heteroatoms. The van der Waals surface area contributed by atoms with E-state index in [9.17, 15) is 4.79 Å². The van der Waals surface area contributed by atoms with Gasteiger partial charge in [0.1, 0.15) is 0 Å². The van der Waals surface area contributed by atoms with Gasteiger partial charge < -0.3 is 20.4 Å². The fraction of sp³-hybridized carbons (Fsp3) is 0.429. The van der Waals surface area contributed by atoms with E-state index >= 15 is 0 Å². The molecule has 3 N–H and O–H groups in total. The number of rotatable bonds is 7. The zero-order valence-electron chi connectivity index (χ0n) is 16.5. The lowest BCUT2D eigenvalue weighted by atomic mass is 10.1. The van der Waals surface area contributed by atoms with Crippen molar-refractivity contribution in [2.24, 2.45) is 4.99 Å². The second-order valence-corrected chi connectivity index (χ2v) is 8.76. The van der Waals surface area contributed by atoms with E-state index in [4.69, 9.17) is 9.41 Å². The minimum Gasteiger partial charge on any atom is -0.459 e. The van der Waals surface area contributed by atoms with Crippen LogP contribution in [0.25, 0.3) is 0 Å². The van der Waals surface area contributed by atoms with Crippen molar-refractivity contribution in [2.45, 2.75) is 38.0 Å². The molecule has 2 aromatic rings. The van der Waals surface area contributed by atoms with Gasteiger partial charge in [-0.1, -0.05) is 12.1 Å². The van der Waals surface area contributed by atoms with Gasteiger partial charge in [0.2, 0.25) is 0 Å². The molecule has 6 nitrogen and oxygen atoms in total. The quantitative estimate of drug-likeness (QED) is 0.486. The largest absolute Gasteiger partial charge is 0.459 e. The summed E-state index contributed by atoms with van der Waals surface area (Å²) in [4.78, 5) is 16.8. The predicted octanol–water partition coefficient (Wildman–Crippen LogP) is 3.87. The lowest BCUT2D eigenvalue weighted by molar-refractivity contribution is 0.0996. The van der Waals surface area contributed by atoms with Crippen molar-refractivity contribution in [3.05, 3.63) is 54.0 Å². The van der Waals surface area contributed by atoms with Gasteiger partial charge in [-0.05, 0) is 62.3 Å². The van der Waals surface area contributed by atoms with Gasteiger partial charge in [0, 0.05) is 23.5 Å². The van der Waals surface area contributed by atoms with Gasteiger partial charge in [0.05, 0.1) is 12.8 Å². The van der Waals surface area contributed by atoms with Crippen LogP contribution in [0.1, 0.15) is 42.8 Å². The topological polar surface area (TPSA) is 78.7 Å². The Labute approximate surface area is 170 Å². The summed E-state index contributed by atoms with van der Waals surface area (Å²) in [6.45, 7) is 6.63. The van der Waals surface area contributed by atoms with Gasteiger partial charge in [0.25, 0.3) is 5.91 Å². The maximum absolute atomic E-state index is 12.1. The summed E-state index contributed by atoms with van der Waals surface area (Å²) in [7, 11) is 0. The van der Waals surface area contributed by atoms with Crippen LogP contribution >= 0.6 is 11.8 Å². The average Bonchev–Trinajstić information content (AvgIpc) is 3.37. The fourth-order valence-electron chi connectivity index (χ4n) is 3.11. The number of benzene rings is 1. The van der Waals surface area contributed by atoms with E-state index in [-0.39, 0.29) is 10.7 Å². The highest BCUT2D eigenvalue weighted by Gasteiger charge is 2.29. The first-order valence-electron chi connectivity index (χ1n) is 9.68. The molecule has 1 atom stereocenters. The van der Waals surface area contributed by atoms with Gasteiger partial charge in [0.15, 0.2) is 11.7 Å². The van der Waals surface area contributed by atoms with Crippen molar-refractivity contribution in [1.82, 2.24) is 10.6 Å². The molecule has 1 amide bonds. The lowest BCUT2D eigenvalue weighted by Gasteiger charge is -2.24. The van der Waals surface area contributed by atoms with Crippen LogP contribution in [0.4, 0.5) is 5.69 Å². The standard InChI is InChI=1S/C21H28N4O2S/c1-3-22-20(24-15-21(2)10-6-12-28-21)23-14-16-7-4-8-17(13-16)25-19(26)18-9-5-11-27-18/h4-5,7-9,11,13H,3,6,10,12,14-15H2,1-2H3,(H,25,26)(H2,22,23,24). The molecule has 1 unspecified atom stereocenters. The summed E-state index contributed by atoms with van der Waals surface area (Å²) in [5.41, 5.74) is 1.75. The number of hydrogen-bond acceptors (Lipinski definition) is 4. The van der Waals surface area contributed by atoms with Crippen LogP contribution in [0.15, 0.2) is 52.1 Å². The van der Waals surface area contributed by atoms with Crippen molar-refractivity contribution in [1.29, 1.82) is 0 Å². The molecule has 1 fully saturated rings. The number of anilines is 1. The first kappa shape index (κ1) is 20.3. The highest BCUT2D eigenvalue weighted by Crippen LogP contribution is 2.36. The molecule has 0 aliphatic carbocycles. The van der Waals surface area contributed by atoms with Crippen LogP contribution in [-0.4, -0.2) is 35.5 Å². The average molecular weight is 401 g/mol. The highest BCUT2D eigenvalue weighted by molar-refractivity contribution is 8.00. The van der Waals surface area contributed by atoms with Gasteiger partial charge in [-0.25, -0.2) is 4.99 Å². The molecule has 2 heterocycles. The van der Waals surface area contributed by atoms with Crippen LogP contribution in [0.5, 0.6) is 0 Å². The molecule has 150 valence electrons. The predicted molar refractivity (Wildman–Crippen MR) is 116 cm³/mol. The van der Waals surface area contributed by atoms with E-state index in [1.807, 2.05) is 36.0 Å². The second kappa shape index (κ2) is 9.68. The van der Waals surface area contributed by atoms with Crippen LogP contribution < -0.4 is 16.0 Å². The number of thioether (sulfide) groups is 1. The lowest BCUT2D eigenvalue weighted by Crippen LogP contribution is -2.43.